The largest absolute Gasteiger partial charge is 0.399 e. The van der Waals surface area contributed by atoms with Crippen molar-refractivity contribution in [1.82, 2.24) is 9.21 Å². The molecule has 1 aromatic rings. The van der Waals surface area contributed by atoms with Crippen LogP contribution in [0, 0.1) is 0 Å². The van der Waals surface area contributed by atoms with Crippen molar-refractivity contribution in [3.8, 4) is 0 Å². The second-order valence-electron chi connectivity index (χ2n) is 5.23. The number of nitrogens with two attached hydrogens (primary N) is 1. The number of hydrogen-bond acceptors (Lipinski definition) is 4. The fourth-order valence-electron chi connectivity index (χ4n) is 2.41. The molecule has 116 valence electrons. The van der Waals surface area contributed by atoms with Gasteiger partial charge >= 0.3 is 0 Å². The van der Waals surface area contributed by atoms with E-state index in [0.29, 0.717) is 37.2 Å². The molecule has 2 N–H and O–H groups in total. The maximum atomic E-state index is 12.8. The van der Waals surface area contributed by atoms with E-state index in [9.17, 15) is 13.2 Å². The number of carbonyl (C=O) groups is 1. The van der Waals surface area contributed by atoms with Crippen molar-refractivity contribution < 1.29 is 13.2 Å². The van der Waals surface area contributed by atoms with Crippen LogP contribution in [0.15, 0.2) is 23.1 Å². The predicted octanol–water partition coefficient (Wildman–Crippen LogP) is 0.684. The molecule has 0 saturated carbocycles. The summed E-state index contributed by atoms with van der Waals surface area (Å²) in [4.78, 5) is 13.7. The molecule has 0 aromatic heterocycles. The third-order valence-corrected chi connectivity index (χ3v) is 5.66. The molecule has 1 fully saturated rings. The van der Waals surface area contributed by atoms with E-state index >= 15 is 0 Å². The monoisotopic (exact) mass is 311 g/mol. The molecule has 0 aliphatic carbocycles. The summed E-state index contributed by atoms with van der Waals surface area (Å²) in [6.45, 7) is 2.70. The molecule has 2 rings (SSSR count). The van der Waals surface area contributed by atoms with Crippen LogP contribution in [0.5, 0.6) is 0 Å². The number of aryl methyl sites for hydroxylation is 1. The second kappa shape index (κ2) is 6.03. The van der Waals surface area contributed by atoms with Crippen LogP contribution in [0.4, 0.5) is 5.69 Å². The van der Waals surface area contributed by atoms with Crippen LogP contribution in [0.3, 0.4) is 0 Å². The SMILES string of the molecule is CCc1ccc(N)cc1S(=O)(=O)N1CCCN(C)C(=O)C1. The Kier molecular flexibility index (Phi) is 4.53. The molecule has 0 bridgehead atoms. The number of anilines is 1. The third kappa shape index (κ3) is 3.19. The summed E-state index contributed by atoms with van der Waals surface area (Å²) in [5.41, 5.74) is 6.85. The smallest absolute Gasteiger partial charge is 0.243 e. The Morgan fingerprint density at radius 1 is 1.29 bits per heavy atom. The van der Waals surface area contributed by atoms with Gasteiger partial charge in [-0.05, 0) is 30.5 Å². The minimum Gasteiger partial charge on any atom is -0.399 e. The summed E-state index contributed by atoms with van der Waals surface area (Å²) in [6, 6.07) is 4.90. The van der Waals surface area contributed by atoms with E-state index < -0.39 is 10.0 Å². The van der Waals surface area contributed by atoms with Gasteiger partial charge in [0.05, 0.1) is 11.4 Å². The van der Waals surface area contributed by atoms with Crippen LogP contribution < -0.4 is 5.73 Å². The minimum atomic E-state index is -3.70. The van der Waals surface area contributed by atoms with Gasteiger partial charge in [0.1, 0.15) is 0 Å². The number of nitrogens with zero attached hydrogens (tertiary/aromatic N) is 2. The van der Waals surface area contributed by atoms with Crippen LogP contribution >= 0.6 is 0 Å². The van der Waals surface area contributed by atoms with Crippen molar-refractivity contribution in [1.29, 1.82) is 0 Å². The van der Waals surface area contributed by atoms with Gasteiger partial charge in [-0.25, -0.2) is 8.42 Å². The number of amides is 1. The van der Waals surface area contributed by atoms with E-state index in [2.05, 4.69) is 0 Å². The molecule has 7 heteroatoms. The topological polar surface area (TPSA) is 83.7 Å². The average molecular weight is 311 g/mol. The number of hydrogen-bond donors (Lipinski definition) is 1. The number of nitrogen functional groups attached to an aromatic ring is 1. The first-order chi connectivity index (χ1) is 9.86. The summed E-state index contributed by atoms with van der Waals surface area (Å²) in [6.07, 6.45) is 1.22. The summed E-state index contributed by atoms with van der Waals surface area (Å²) >= 11 is 0. The maximum absolute atomic E-state index is 12.8. The van der Waals surface area contributed by atoms with Crippen molar-refractivity contribution >= 4 is 21.6 Å². The van der Waals surface area contributed by atoms with Crippen LogP contribution in [0.1, 0.15) is 18.9 Å². The Balaban J connectivity index is 2.42. The zero-order valence-corrected chi connectivity index (χ0v) is 13.2. The standard InChI is InChI=1S/C14H21N3O3S/c1-3-11-5-6-12(15)9-13(11)21(19,20)17-8-4-7-16(2)14(18)10-17/h5-6,9H,3-4,7-8,10,15H2,1-2H3. The first-order valence-corrected chi connectivity index (χ1v) is 8.42. The van der Waals surface area contributed by atoms with Gasteiger partial charge < -0.3 is 10.6 Å². The van der Waals surface area contributed by atoms with E-state index in [1.165, 1.54) is 10.4 Å². The van der Waals surface area contributed by atoms with Gasteiger partial charge in [-0.2, -0.15) is 4.31 Å². The normalized spacial score (nSPS) is 17.8. The van der Waals surface area contributed by atoms with Crippen molar-refractivity contribution in [2.75, 3.05) is 32.4 Å². The lowest BCUT2D eigenvalue weighted by Gasteiger charge is -2.21. The Labute approximate surface area is 125 Å². The Morgan fingerprint density at radius 3 is 2.67 bits per heavy atom. The molecule has 1 aliphatic rings. The zero-order valence-electron chi connectivity index (χ0n) is 12.4. The van der Waals surface area contributed by atoms with Crippen LogP contribution in [-0.4, -0.2) is 50.2 Å². The molecular weight excluding hydrogens is 290 g/mol. The van der Waals surface area contributed by atoms with E-state index in [1.54, 1.807) is 24.1 Å². The average Bonchev–Trinajstić information content (AvgIpc) is 2.61. The highest BCUT2D eigenvalue weighted by Gasteiger charge is 2.31. The van der Waals surface area contributed by atoms with Crippen molar-refractivity contribution in [2.45, 2.75) is 24.7 Å². The van der Waals surface area contributed by atoms with E-state index in [-0.39, 0.29) is 17.3 Å². The van der Waals surface area contributed by atoms with Gasteiger partial charge in [0.2, 0.25) is 15.9 Å². The van der Waals surface area contributed by atoms with Gasteiger partial charge in [0.15, 0.2) is 0 Å². The van der Waals surface area contributed by atoms with Gasteiger partial charge in [-0.1, -0.05) is 13.0 Å². The zero-order chi connectivity index (χ0) is 15.6. The van der Waals surface area contributed by atoms with Crippen LogP contribution in [0.2, 0.25) is 0 Å². The Morgan fingerprint density at radius 2 is 2.00 bits per heavy atom. The predicted molar refractivity (Wildman–Crippen MR) is 81.2 cm³/mol. The van der Waals surface area contributed by atoms with E-state index in [4.69, 9.17) is 5.73 Å². The molecule has 0 spiro atoms. The molecule has 1 saturated heterocycles. The van der Waals surface area contributed by atoms with Gasteiger partial charge in [-0.15, -0.1) is 0 Å². The van der Waals surface area contributed by atoms with E-state index in [0.717, 1.165) is 0 Å². The quantitative estimate of drug-likeness (QED) is 0.832. The lowest BCUT2D eigenvalue weighted by atomic mass is 10.1. The van der Waals surface area contributed by atoms with Crippen LogP contribution in [-0.2, 0) is 21.2 Å². The molecule has 1 aliphatic heterocycles. The number of rotatable bonds is 3. The molecule has 0 atom stereocenters. The molecule has 1 amide bonds. The summed E-state index contributed by atoms with van der Waals surface area (Å²) < 4.78 is 26.9. The summed E-state index contributed by atoms with van der Waals surface area (Å²) in [7, 11) is -2.01. The molecule has 1 heterocycles. The maximum Gasteiger partial charge on any atom is 0.243 e. The van der Waals surface area contributed by atoms with Gasteiger partial charge in [-0.3, -0.25) is 4.79 Å². The number of likely N-dealkylation sites (N-methyl/N-ethyl adjacent to an activating group) is 1. The highest BCUT2D eigenvalue weighted by atomic mass is 32.2. The fraction of sp³-hybridized carbons (Fsp3) is 0.500. The van der Waals surface area contributed by atoms with Crippen LogP contribution in [0.25, 0.3) is 0 Å². The van der Waals surface area contributed by atoms with Crippen molar-refractivity contribution in [2.24, 2.45) is 0 Å². The van der Waals surface area contributed by atoms with Gasteiger partial charge in [0.25, 0.3) is 0 Å². The number of sulfonamides is 1. The van der Waals surface area contributed by atoms with Gasteiger partial charge in [0, 0.05) is 25.8 Å². The van der Waals surface area contributed by atoms with Crippen molar-refractivity contribution in [3.63, 3.8) is 0 Å². The van der Waals surface area contributed by atoms with Crippen molar-refractivity contribution in [3.05, 3.63) is 23.8 Å². The first kappa shape index (κ1) is 15.8. The molecule has 6 nitrogen and oxygen atoms in total. The second-order valence-corrected chi connectivity index (χ2v) is 7.13. The molecule has 21 heavy (non-hydrogen) atoms. The fourth-order valence-corrected chi connectivity index (χ4v) is 4.16. The summed E-state index contributed by atoms with van der Waals surface area (Å²) in [5, 5.41) is 0. The third-order valence-electron chi connectivity index (χ3n) is 3.73. The minimum absolute atomic E-state index is 0.114. The highest BCUT2D eigenvalue weighted by molar-refractivity contribution is 7.89. The summed E-state index contributed by atoms with van der Waals surface area (Å²) in [5.74, 6) is -0.182. The molecule has 1 aromatic carbocycles. The Hall–Kier alpha value is -1.60. The van der Waals surface area contributed by atoms with E-state index in [1.807, 2.05) is 6.92 Å². The number of benzene rings is 1. The molecule has 0 radical (unpaired) electrons. The molecular formula is C14H21N3O3S. The first-order valence-electron chi connectivity index (χ1n) is 6.98. The highest BCUT2D eigenvalue weighted by Crippen LogP contribution is 2.24. The lowest BCUT2D eigenvalue weighted by molar-refractivity contribution is -0.129. The number of carbonyl (C=O) groups excluding carboxylic acids is 1. The lowest BCUT2D eigenvalue weighted by Crippen LogP contribution is -2.38. The molecule has 0 unspecified atom stereocenters. The Bertz CT molecular complexity index is 643.